The van der Waals surface area contributed by atoms with Crippen LogP contribution in [-0.4, -0.2) is 60.8 Å². The Kier molecular flexibility index (Phi) is 4.48. The molecular weight excluding hydrogens is 332 g/mol. The monoisotopic (exact) mass is 354 g/mol. The van der Waals surface area contributed by atoms with E-state index in [1.165, 1.54) is 10.6 Å². The highest BCUT2D eigenvalue weighted by atomic mass is 32.2. The van der Waals surface area contributed by atoms with Crippen LogP contribution in [-0.2, 0) is 14.8 Å². The molecule has 1 aromatic heterocycles. The molecule has 8 nitrogen and oxygen atoms in total. The minimum Gasteiger partial charge on any atom is -0.447 e. The van der Waals surface area contributed by atoms with Crippen molar-refractivity contribution in [2.24, 2.45) is 0 Å². The van der Waals surface area contributed by atoms with Crippen LogP contribution >= 0.6 is 0 Å². The van der Waals surface area contributed by atoms with Crippen molar-refractivity contribution in [2.75, 3.05) is 30.9 Å². The molecule has 3 rings (SSSR count). The van der Waals surface area contributed by atoms with Crippen molar-refractivity contribution in [2.45, 2.75) is 38.6 Å². The minimum atomic E-state index is -3.15. The maximum absolute atomic E-state index is 11.9. The largest absolute Gasteiger partial charge is 0.447 e. The Labute approximate surface area is 141 Å². The van der Waals surface area contributed by atoms with Crippen LogP contribution in [0.15, 0.2) is 6.07 Å². The average Bonchev–Trinajstić information content (AvgIpc) is 2.85. The van der Waals surface area contributed by atoms with Crippen LogP contribution < -0.4 is 4.90 Å². The van der Waals surface area contributed by atoms with Crippen LogP contribution in [0.5, 0.6) is 0 Å². The van der Waals surface area contributed by atoms with Crippen LogP contribution in [0, 0.1) is 6.92 Å². The highest BCUT2D eigenvalue weighted by Crippen LogP contribution is 2.29. The van der Waals surface area contributed by atoms with E-state index in [1.54, 1.807) is 11.0 Å². The van der Waals surface area contributed by atoms with Gasteiger partial charge in [0.15, 0.2) is 0 Å². The fourth-order valence-electron chi connectivity index (χ4n) is 3.16. The molecule has 0 radical (unpaired) electrons. The van der Waals surface area contributed by atoms with E-state index in [0.717, 1.165) is 5.69 Å². The van der Waals surface area contributed by atoms with Crippen molar-refractivity contribution in [1.29, 1.82) is 0 Å². The van der Waals surface area contributed by atoms with Gasteiger partial charge in [0.25, 0.3) is 0 Å². The highest BCUT2D eigenvalue weighted by molar-refractivity contribution is 7.88. The quantitative estimate of drug-likeness (QED) is 0.811. The number of aromatic nitrogens is 2. The second-order valence-electron chi connectivity index (χ2n) is 6.46. The van der Waals surface area contributed by atoms with Gasteiger partial charge in [-0.3, -0.25) is 4.90 Å². The maximum atomic E-state index is 11.9. The summed E-state index contributed by atoms with van der Waals surface area (Å²) in [6, 6.07) is 1.71. The van der Waals surface area contributed by atoms with Gasteiger partial charge in [-0.2, -0.15) is 0 Å². The minimum absolute atomic E-state index is 0.0632. The molecule has 0 spiro atoms. The fourth-order valence-corrected chi connectivity index (χ4v) is 4.04. The molecule has 9 heteroatoms. The Morgan fingerprint density at radius 3 is 2.46 bits per heavy atom. The Bertz CT molecular complexity index is 744. The van der Waals surface area contributed by atoms with Crippen molar-refractivity contribution in [3.63, 3.8) is 0 Å². The number of cyclic esters (lactones) is 1. The third-order valence-corrected chi connectivity index (χ3v) is 5.78. The van der Waals surface area contributed by atoms with Gasteiger partial charge in [0.2, 0.25) is 10.0 Å². The number of hydrogen-bond acceptors (Lipinski definition) is 6. The number of hydrogen-bond donors (Lipinski definition) is 0. The molecule has 2 saturated heterocycles. The molecule has 1 atom stereocenters. The molecule has 0 aliphatic carbocycles. The number of ether oxygens (including phenoxy) is 1. The van der Waals surface area contributed by atoms with Crippen LogP contribution in [0.1, 0.15) is 37.2 Å². The molecular formula is C15H22N4O4S. The Balaban J connectivity index is 1.81. The molecule has 0 N–H and O–H groups in total. The van der Waals surface area contributed by atoms with E-state index in [2.05, 4.69) is 9.97 Å². The lowest BCUT2D eigenvalue weighted by Crippen LogP contribution is -2.37. The molecule has 2 aliphatic heterocycles. The zero-order valence-corrected chi connectivity index (χ0v) is 14.9. The molecule has 0 aromatic carbocycles. The SMILES string of the molecule is Cc1cc(N2C(=O)OCC2C)nc(C2CCN(S(C)(=O)=O)CC2)n1. The first-order valence-corrected chi connectivity index (χ1v) is 9.87. The summed E-state index contributed by atoms with van der Waals surface area (Å²) in [7, 11) is -3.15. The lowest BCUT2D eigenvalue weighted by atomic mass is 9.97. The number of rotatable bonds is 3. The lowest BCUT2D eigenvalue weighted by molar-refractivity contribution is 0.179. The van der Waals surface area contributed by atoms with E-state index >= 15 is 0 Å². The standard InChI is InChI=1S/C15H22N4O4S/c1-10-8-13(19-11(2)9-23-15(19)20)17-14(16-10)12-4-6-18(7-5-12)24(3,21)22/h8,11-12H,4-7,9H2,1-3H3. The molecule has 1 unspecified atom stereocenters. The third-order valence-electron chi connectivity index (χ3n) is 4.48. The molecule has 0 saturated carbocycles. The van der Waals surface area contributed by atoms with E-state index in [-0.39, 0.29) is 12.0 Å². The molecule has 132 valence electrons. The maximum Gasteiger partial charge on any atom is 0.415 e. The zero-order valence-electron chi connectivity index (χ0n) is 14.1. The van der Waals surface area contributed by atoms with Gasteiger partial charge in [-0.05, 0) is 26.7 Å². The summed E-state index contributed by atoms with van der Waals surface area (Å²) in [5.41, 5.74) is 0.785. The fraction of sp³-hybridized carbons (Fsp3) is 0.667. The third kappa shape index (κ3) is 3.36. The molecule has 24 heavy (non-hydrogen) atoms. The predicted octanol–water partition coefficient (Wildman–Crippen LogP) is 1.27. The number of carbonyl (C=O) groups is 1. The van der Waals surface area contributed by atoms with Gasteiger partial charge in [0, 0.05) is 30.8 Å². The summed E-state index contributed by atoms with van der Waals surface area (Å²) in [5, 5.41) is 0. The van der Waals surface area contributed by atoms with Gasteiger partial charge in [-0.25, -0.2) is 27.5 Å². The van der Waals surface area contributed by atoms with Crippen LogP contribution in [0.25, 0.3) is 0 Å². The zero-order chi connectivity index (χ0) is 17.5. The highest BCUT2D eigenvalue weighted by Gasteiger charge is 2.33. The summed E-state index contributed by atoms with van der Waals surface area (Å²) in [4.78, 5) is 22.5. The van der Waals surface area contributed by atoms with Crippen LogP contribution in [0.4, 0.5) is 10.6 Å². The van der Waals surface area contributed by atoms with Crippen molar-refractivity contribution in [1.82, 2.24) is 14.3 Å². The van der Waals surface area contributed by atoms with E-state index in [9.17, 15) is 13.2 Å². The topological polar surface area (TPSA) is 92.7 Å². The van der Waals surface area contributed by atoms with Crippen molar-refractivity contribution in [3.05, 3.63) is 17.6 Å². The van der Waals surface area contributed by atoms with Gasteiger partial charge in [0.05, 0.1) is 12.3 Å². The normalized spacial score (nSPS) is 23.5. The van der Waals surface area contributed by atoms with Gasteiger partial charge in [0.1, 0.15) is 18.2 Å². The predicted molar refractivity (Wildman–Crippen MR) is 88.4 cm³/mol. The number of nitrogens with zero attached hydrogens (tertiary/aromatic N) is 4. The number of amides is 1. The number of sulfonamides is 1. The molecule has 2 aliphatic rings. The van der Waals surface area contributed by atoms with Gasteiger partial charge in [-0.15, -0.1) is 0 Å². The van der Waals surface area contributed by atoms with E-state index in [1.807, 2.05) is 13.8 Å². The summed E-state index contributed by atoms with van der Waals surface area (Å²) >= 11 is 0. The van der Waals surface area contributed by atoms with Crippen LogP contribution in [0.3, 0.4) is 0 Å². The Hall–Kier alpha value is -1.74. The van der Waals surface area contributed by atoms with E-state index in [4.69, 9.17) is 4.74 Å². The Morgan fingerprint density at radius 2 is 1.92 bits per heavy atom. The van der Waals surface area contributed by atoms with E-state index in [0.29, 0.717) is 44.2 Å². The molecule has 0 bridgehead atoms. The molecule has 1 amide bonds. The first-order chi connectivity index (χ1) is 11.3. The second kappa shape index (κ2) is 6.29. The van der Waals surface area contributed by atoms with Crippen LogP contribution in [0.2, 0.25) is 0 Å². The Morgan fingerprint density at radius 1 is 1.25 bits per heavy atom. The first-order valence-electron chi connectivity index (χ1n) is 8.02. The number of carbonyl (C=O) groups excluding carboxylic acids is 1. The summed E-state index contributed by atoms with van der Waals surface area (Å²) in [5.74, 6) is 1.32. The van der Waals surface area contributed by atoms with Gasteiger partial charge < -0.3 is 4.74 Å². The molecule has 3 heterocycles. The molecule has 2 fully saturated rings. The second-order valence-corrected chi connectivity index (χ2v) is 8.44. The number of piperidine rings is 1. The van der Waals surface area contributed by atoms with Gasteiger partial charge >= 0.3 is 6.09 Å². The van der Waals surface area contributed by atoms with Crippen molar-refractivity contribution >= 4 is 21.9 Å². The average molecular weight is 354 g/mol. The van der Waals surface area contributed by atoms with Crippen molar-refractivity contribution in [3.8, 4) is 0 Å². The number of aryl methyl sites for hydroxylation is 1. The number of anilines is 1. The summed E-state index contributed by atoms with van der Waals surface area (Å²) < 4.78 is 29.8. The van der Waals surface area contributed by atoms with E-state index < -0.39 is 16.1 Å². The first kappa shape index (κ1) is 17.1. The summed E-state index contributed by atoms with van der Waals surface area (Å²) in [6.07, 6.45) is 2.19. The summed E-state index contributed by atoms with van der Waals surface area (Å²) in [6.45, 7) is 5.07. The van der Waals surface area contributed by atoms with Gasteiger partial charge in [-0.1, -0.05) is 0 Å². The molecule has 1 aromatic rings. The lowest BCUT2D eigenvalue weighted by Gasteiger charge is -2.30. The smallest absolute Gasteiger partial charge is 0.415 e. The van der Waals surface area contributed by atoms with Crippen molar-refractivity contribution < 1.29 is 17.9 Å².